The third kappa shape index (κ3) is 3.95. The highest BCUT2D eigenvalue weighted by Crippen LogP contribution is 2.41. The Hall–Kier alpha value is -2.57. The number of fused-ring (bicyclic) bond motifs is 1. The van der Waals surface area contributed by atoms with E-state index in [1.54, 1.807) is 4.90 Å². The van der Waals surface area contributed by atoms with E-state index < -0.39 is 12.1 Å². The summed E-state index contributed by atoms with van der Waals surface area (Å²) in [5.41, 5.74) is 6.06. The molecule has 0 aromatic heterocycles. The summed E-state index contributed by atoms with van der Waals surface area (Å²) in [6.07, 6.45) is 5.80. The Bertz CT molecular complexity index is 769. The number of carbonyl (C=O) groups is 3. The minimum absolute atomic E-state index is 0.0231. The molecular formula is C22H30N4O3. The van der Waals surface area contributed by atoms with Gasteiger partial charge in [-0.25, -0.2) is 4.79 Å². The SMILES string of the molecule is NC(=O)N1CCCN(C(=O)C2CC3CCCCC3N2C(=O)c2ccccc2)CC1. The highest BCUT2D eigenvalue weighted by atomic mass is 16.2. The van der Waals surface area contributed by atoms with Crippen molar-refractivity contribution in [3.05, 3.63) is 35.9 Å². The first kappa shape index (κ1) is 19.7. The first-order valence-corrected chi connectivity index (χ1v) is 10.8. The number of urea groups is 1. The Kier molecular flexibility index (Phi) is 5.74. The van der Waals surface area contributed by atoms with Gasteiger partial charge in [0.05, 0.1) is 0 Å². The smallest absolute Gasteiger partial charge is 0.314 e. The molecule has 4 amide bonds. The Morgan fingerprint density at radius 3 is 2.31 bits per heavy atom. The van der Waals surface area contributed by atoms with Crippen molar-refractivity contribution in [3.63, 3.8) is 0 Å². The van der Waals surface area contributed by atoms with Crippen LogP contribution in [0.1, 0.15) is 48.9 Å². The van der Waals surface area contributed by atoms with Crippen molar-refractivity contribution in [2.24, 2.45) is 11.7 Å². The molecule has 7 heteroatoms. The van der Waals surface area contributed by atoms with Gasteiger partial charge in [-0.15, -0.1) is 0 Å². The second-order valence-electron chi connectivity index (χ2n) is 8.45. The topological polar surface area (TPSA) is 87.0 Å². The maximum Gasteiger partial charge on any atom is 0.314 e. The van der Waals surface area contributed by atoms with E-state index in [0.29, 0.717) is 44.1 Å². The fourth-order valence-corrected chi connectivity index (χ4v) is 5.27. The van der Waals surface area contributed by atoms with E-state index in [1.165, 1.54) is 6.42 Å². The van der Waals surface area contributed by atoms with Crippen LogP contribution >= 0.6 is 0 Å². The summed E-state index contributed by atoms with van der Waals surface area (Å²) in [5.74, 6) is 0.390. The molecule has 156 valence electrons. The molecule has 3 fully saturated rings. The molecule has 4 rings (SSSR count). The van der Waals surface area contributed by atoms with Gasteiger partial charge in [0.15, 0.2) is 0 Å². The molecule has 1 aromatic carbocycles. The van der Waals surface area contributed by atoms with Gasteiger partial charge in [0, 0.05) is 37.8 Å². The lowest BCUT2D eigenvalue weighted by molar-refractivity contribution is -0.135. The van der Waals surface area contributed by atoms with Crippen molar-refractivity contribution in [1.82, 2.24) is 14.7 Å². The molecule has 1 aliphatic carbocycles. The Balaban J connectivity index is 1.56. The molecule has 0 bridgehead atoms. The molecule has 2 saturated heterocycles. The van der Waals surface area contributed by atoms with Crippen LogP contribution in [0.5, 0.6) is 0 Å². The Morgan fingerprint density at radius 2 is 1.55 bits per heavy atom. The second kappa shape index (κ2) is 8.43. The molecule has 2 aliphatic heterocycles. The Morgan fingerprint density at radius 1 is 0.862 bits per heavy atom. The van der Waals surface area contributed by atoms with Crippen molar-refractivity contribution in [2.45, 2.75) is 50.6 Å². The summed E-state index contributed by atoms with van der Waals surface area (Å²) < 4.78 is 0. The number of carbonyl (C=O) groups excluding carboxylic acids is 3. The van der Waals surface area contributed by atoms with Gasteiger partial charge in [0.2, 0.25) is 5.91 Å². The van der Waals surface area contributed by atoms with Crippen LogP contribution in [0.25, 0.3) is 0 Å². The number of nitrogens with two attached hydrogens (primary N) is 1. The van der Waals surface area contributed by atoms with Crippen LogP contribution in [-0.2, 0) is 4.79 Å². The zero-order chi connectivity index (χ0) is 20.4. The van der Waals surface area contributed by atoms with E-state index in [1.807, 2.05) is 40.1 Å². The van der Waals surface area contributed by atoms with Crippen molar-refractivity contribution in [1.29, 1.82) is 0 Å². The minimum Gasteiger partial charge on any atom is -0.351 e. The van der Waals surface area contributed by atoms with Gasteiger partial charge in [-0.2, -0.15) is 0 Å². The van der Waals surface area contributed by atoms with E-state index in [0.717, 1.165) is 25.7 Å². The maximum atomic E-state index is 13.5. The molecule has 1 aromatic rings. The molecule has 29 heavy (non-hydrogen) atoms. The highest BCUT2D eigenvalue weighted by Gasteiger charge is 2.48. The van der Waals surface area contributed by atoms with E-state index in [2.05, 4.69) is 0 Å². The first-order valence-electron chi connectivity index (χ1n) is 10.8. The number of hydrogen-bond acceptors (Lipinski definition) is 3. The maximum absolute atomic E-state index is 13.5. The summed E-state index contributed by atoms with van der Waals surface area (Å²) in [7, 11) is 0. The molecule has 3 unspecified atom stereocenters. The quantitative estimate of drug-likeness (QED) is 0.827. The fraction of sp³-hybridized carbons (Fsp3) is 0.591. The lowest BCUT2D eigenvalue weighted by Crippen LogP contribution is -2.51. The molecule has 0 radical (unpaired) electrons. The molecule has 0 spiro atoms. The van der Waals surface area contributed by atoms with Crippen LogP contribution < -0.4 is 5.73 Å². The normalized spacial score (nSPS) is 27.3. The van der Waals surface area contributed by atoms with Crippen LogP contribution in [0.15, 0.2) is 30.3 Å². The van der Waals surface area contributed by atoms with Gasteiger partial charge in [0.1, 0.15) is 6.04 Å². The standard InChI is InChI=1S/C22H30N4O3/c23-22(29)25-12-6-11-24(13-14-25)21(28)19-15-17-9-4-5-10-18(17)26(19)20(27)16-7-2-1-3-8-16/h1-3,7-8,17-19H,4-6,9-15H2,(H2,23,29). The zero-order valence-corrected chi connectivity index (χ0v) is 16.8. The summed E-state index contributed by atoms with van der Waals surface area (Å²) in [6, 6.07) is 8.60. The van der Waals surface area contributed by atoms with Crippen molar-refractivity contribution >= 4 is 17.8 Å². The van der Waals surface area contributed by atoms with Crippen LogP contribution in [0.2, 0.25) is 0 Å². The highest BCUT2D eigenvalue weighted by molar-refractivity contribution is 5.98. The largest absolute Gasteiger partial charge is 0.351 e. The van der Waals surface area contributed by atoms with Gasteiger partial charge >= 0.3 is 6.03 Å². The molecule has 7 nitrogen and oxygen atoms in total. The third-order valence-electron chi connectivity index (χ3n) is 6.75. The van der Waals surface area contributed by atoms with Gasteiger partial charge in [-0.3, -0.25) is 9.59 Å². The number of nitrogens with zero attached hydrogens (tertiary/aromatic N) is 3. The molecule has 3 atom stereocenters. The predicted octanol–water partition coefficient (Wildman–Crippen LogP) is 2.07. The van der Waals surface area contributed by atoms with E-state index in [9.17, 15) is 14.4 Å². The van der Waals surface area contributed by atoms with Gasteiger partial charge in [0.25, 0.3) is 5.91 Å². The summed E-state index contributed by atoms with van der Waals surface area (Å²) in [6.45, 7) is 2.10. The monoisotopic (exact) mass is 398 g/mol. The number of benzene rings is 1. The molecule has 2 N–H and O–H groups in total. The second-order valence-corrected chi connectivity index (χ2v) is 8.45. The molecule has 2 heterocycles. The number of hydrogen-bond donors (Lipinski definition) is 1. The van der Waals surface area contributed by atoms with Crippen LogP contribution in [0, 0.1) is 5.92 Å². The fourth-order valence-electron chi connectivity index (χ4n) is 5.27. The van der Waals surface area contributed by atoms with Crippen LogP contribution in [0.3, 0.4) is 0 Å². The molecular weight excluding hydrogens is 368 g/mol. The van der Waals surface area contributed by atoms with Gasteiger partial charge < -0.3 is 20.4 Å². The van der Waals surface area contributed by atoms with Crippen LogP contribution in [-0.4, -0.2) is 70.8 Å². The summed E-state index contributed by atoms with van der Waals surface area (Å²) in [5, 5.41) is 0. The van der Waals surface area contributed by atoms with E-state index >= 15 is 0 Å². The van der Waals surface area contributed by atoms with Gasteiger partial charge in [-0.05, 0) is 43.7 Å². The summed E-state index contributed by atoms with van der Waals surface area (Å²) in [4.78, 5) is 43.7. The van der Waals surface area contributed by atoms with E-state index in [-0.39, 0.29) is 17.9 Å². The van der Waals surface area contributed by atoms with E-state index in [4.69, 9.17) is 5.73 Å². The predicted molar refractivity (Wildman–Crippen MR) is 109 cm³/mol. The lowest BCUT2D eigenvalue weighted by atomic mass is 9.84. The molecule has 1 saturated carbocycles. The third-order valence-corrected chi connectivity index (χ3v) is 6.75. The van der Waals surface area contributed by atoms with Gasteiger partial charge in [-0.1, -0.05) is 31.0 Å². The first-order chi connectivity index (χ1) is 14.1. The summed E-state index contributed by atoms with van der Waals surface area (Å²) >= 11 is 0. The number of primary amides is 1. The molecule has 3 aliphatic rings. The number of likely N-dealkylation sites (tertiary alicyclic amines) is 1. The number of amides is 4. The average molecular weight is 399 g/mol. The number of rotatable bonds is 2. The van der Waals surface area contributed by atoms with Crippen molar-refractivity contribution in [2.75, 3.05) is 26.2 Å². The van der Waals surface area contributed by atoms with Crippen LogP contribution in [0.4, 0.5) is 4.79 Å². The van der Waals surface area contributed by atoms with Crippen molar-refractivity contribution < 1.29 is 14.4 Å². The minimum atomic E-state index is -0.438. The van der Waals surface area contributed by atoms with Crippen molar-refractivity contribution in [3.8, 4) is 0 Å². The average Bonchev–Trinajstić information content (AvgIpc) is 2.94. The zero-order valence-electron chi connectivity index (χ0n) is 16.8. The lowest BCUT2D eigenvalue weighted by Gasteiger charge is -2.35. The Labute approximate surface area is 171 Å².